The predicted octanol–water partition coefficient (Wildman–Crippen LogP) is 6.44. The first-order valence-corrected chi connectivity index (χ1v) is 12.5. The largest absolute Gasteiger partial charge is 0.416 e. The topological polar surface area (TPSA) is 68.3 Å². The predicted molar refractivity (Wildman–Crippen MR) is 139 cm³/mol. The molecule has 1 aliphatic rings. The van der Waals surface area contributed by atoms with Crippen LogP contribution in [-0.2, 0) is 12.8 Å². The van der Waals surface area contributed by atoms with Crippen LogP contribution >= 0.6 is 11.6 Å². The SMILES string of the molecule is C[C@@H]1CN(c2ncc(CO)cc2Cl)CCN1c1nc(-c2cc(F)c(F)c(F)c2)c(-c2ccc(C(F)(F)F)cc2)[nH]1. The first kappa shape index (κ1) is 27.8. The second-order valence-electron chi connectivity index (χ2n) is 9.41. The number of hydrogen-bond donors (Lipinski definition) is 2. The standard InChI is InChI=1S/C27H22ClF6N5O/c1-14-12-38(25-19(28)8-15(13-40)11-35-25)6-7-39(14)26-36-23(16-2-4-18(5-3-16)27(32,33)34)24(37-26)17-9-20(29)22(31)21(30)10-17/h2-5,8-11,14,40H,6-7,12-13H2,1H3,(H,36,37)/t14-/m1/s1. The molecule has 0 aliphatic carbocycles. The highest BCUT2D eigenvalue weighted by atomic mass is 35.5. The van der Waals surface area contributed by atoms with Gasteiger partial charge in [0.1, 0.15) is 5.82 Å². The van der Waals surface area contributed by atoms with Crippen LogP contribution in [0.1, 0.15) is 18.1 Å². The van der Waals surface area contributed by atoms with E-state index in [1.54, 1.807) is 6.07 Å². The summed E-state index contributed by atoms with van der Waals surface area (Å²) in [6.45, 7) is 3.09. The Labute approximate surface area is 229 Å². The number of nitrogens with one attached hydrogen (secondary N) is 1. The highest BCUT2D eigenvalue weighted by molar-refractivity contribution is 6.33. The van der Waals surface area contributed by atoms with Crippen molar-refractivity contribution in [3.8, 4) is 22.5 Å². The molecule has 0 bridgehead atoms. The van der Waals surface area contributed by atoms with Gasteiger partial charge in [-0.15, -0.1) is 0 Å². The highest BCUT2D eigenvalue weighted by Gasteiger charge is 2.31. The third-order valence-electron chi connectivity index (χ3n) is 6.71. The number of alkyl halides is 3. The molecule has 0 unspecified atom stereocenters. The Hall–Kier alpha value is -3.77. The van der Waals surface area contributed by atoms with E-state index in [-0.39, 0.29) is 35.2 Å². The van der Waals surface area contributed by atoms with Crippen molar-refractivity contribution in [2.75, 3.05) is 29.4 Å². The lowest BCUT2D eigenvalue weighted by molar-refractivity contribution is -0.137. The van der Waals surface area contributed by atoms with Crippen molar-refractivity contribution in [3.63, 3.8) is 0 Å². The van der Waals surface area contributed by atoms with Crippen molar-refractivity contribution in [2.24, 2.45) is 0 Å². The van der Waals surface area contributed by atoms with E-state index in [0.29, 0.717) is 42.0 Å². The van der Waals surface area contributed by atoms with Gasteiger partial charge in [-0.1, -0.05) is 23.7 Å². The van der Waals surface area contributed by atoms with E-state index in [1.165, 1.54) is 18.3 Å². The highest BCUT2D eigenvalue weighted by Crippen LogP contribution is 2.37. The van der Waals surface area contributed by atoms with Gasteiger partial charge in [-0.25, -0.2) is 23.1 Å². The molecule has 40 heavy (non-hydrogen) atoms. The Morgan fingerprint density at radius 1 is 1.02 bits per heavy atom. The molecule has 4 aromatic rings. The lowest BCUT2D eigenvalue weighted by Gasteiger charge is -2.40. The zero-order chi connectivity index (χ0) is 28.8. The number of H-pyrrole nitrogens is 1. The van der Waals surface area contributed by atoms with Crippen molar-refractivity contribution < 1.29 is 31.4 Å². The quantitative estimate of drug-likeness (QED) is 0.210. The van der Waals surface area contributed by atoms with Crippen LogP contribution in [0.4, 0.5) is 38.1 Å². The number of rotatable bonds is 5. The summed E-state index contributed by atoms with van der Waals surface area (Å²) < 4.78 is 81.3. The molecule has 5 rings (SSSR count). The summed E-state index contributed by atoms with van der Waals surface area (Å²) in [5.41, 5.74) is 0.186. The normalized spacial score (nSPS) is 16.1. The van der Waals surface area contributed by atoms with Gasteiger partial charge in [0.25, 0.3) is 0 Å². The van der Waals surface area contributed by atoms with Crippen LogP contribution < -0.4 is 9.80 Å². The molecule has 1 fully saturated rings. The second kappa shape index (κ2) is 10.7. The van der Waals surface area contributed by atoms with Crippen molar-refractivity contribution >= 4 is 23.4 Å². The molecular formula is C27H22ClF6N5O. The zero-order valence-corrected chi connectivity index (χ0v) is 21.7. The van der Waals surface area contributed by atoms with Crippen LogP contribution in [0.3, 0.4) is 0 Å². The minimum Gasteiger partial charge on any atom is -0.392 e. The van der Waals surface area contributed by atoms with Gasteiger partial charge in [0.15, 0.2) is 17.5 Å². The van der Waals surface area contributed by atoms with E-state index in [9.17, 15) is 31.4 Å². The number of aliphatic hydroxyl groups excluding tert-OH is 1. The Morgan fingerprint density at radius 3 is 2.27 bits per heavy atom. The number of nitrogens with zero attached hydrogens (tertiary/aromatic N) is 4. The third-order valence-corrected chi connectivity index (χ3v) is 6.99. The summed E-state index contributed by atoms with van der Waals surface area (Å²) in [7, 11) is 0. The Kier molecular flexibility index (Phi) is 7.40. The van der Waals surface area contributed by atoms with E-state index < -0.39 is 29.2 Å². The van der Waals surface area contributed by atoms with Crippen LogP contribution in [0.15, 0.2) is 48.7 Å². The first-order chi connectivity index (χ1) is 19.0. The summed E-state index contributed by atoms with van der Waals surface area (Å²) in [6.07, 6.45) is -3.01. The Morgan fingerprint density at radius 2 is 1.70 bits per heavy atom. The molecule has 3 heterocycles. The summed E-state index contributed by atoms with van der Waals surface area (Å²) in [4.78, 5) is 15.9. The molecule has 2 N–H and O–H groups in total. The fourth-order valence-electron chi connectivity index (χ4n) is 4.69. The van der Waals surface area contributed by atoms with Crippen LogP contribution in [0.5, 0.6) is 0 Å². The maximum atomic E-state index is 14.1. The molecular weight excluding hydrogens is 560 g/mol. The van der Waals surface area contributed by atoms with Crippen LogP contribution in [0.25, 0.3) is 22.5 Å². The van der Waals surface area contributed by atoms with Crippen molar-refractivity contribution in [1.29, 1.82) is 0 Å². The van der Waals surface area contributed by atoms with Gasteiger partial charge in [-0.05, 0) is 42.8 Å². The lowest BCUT2D eigenvalue weighted by Crippen LogP contribution is -2.52. The van der Waals surface area contributed by atoms with E-state index in [1.807, 2.05) is 16.7 Å². The van der Waals surface area contributed by atoms with Gasteiger partial charge in [0, 0.05) is 43.0 Å². The first-order valence-electron chi connectivity index (χ1n) is 12.2. The van der Waals surface area contributed by atoms with Gasteiger partial charge < -0.3 is 19.9 Å². The van der Waals surface area contributed by atoms with Crippen molar-refractivity contribution in [3.05, 3.63) is 82.3 Å². The van der Waals surface area contributed by atoms with Gasteiger partial charge in [-0.2, -0.15) is 13.2 Å². The summed E-state index contributed by atoms with van der Waals surface area (Å²) in [5.74, 6) is -3.61. The number of aliphatic hydroxyl groups is 1. The van der Waals surface area contributed by atoms with Crippen LogP contribution in [0.2, 0.25) is 5.02 Å². The summed E-state index contributed by atoms with van der Waals surface area (Å²) >= 11 is 6.37. The van der Waals surface area contributed by atoms with E-state index in [2.05, 4.69) is 15.0 Å². The fourth-order valence-corrected chi connectivity index (χ4v) is 5.00. The molecule has 1 saturated heterocycles. The number of pyridine rings is 1. The molecule has 0 saturated carbocycles. The lowest BCUT2D eigenvalue weighted by atomic mass is 10.0. The molecule has 0 spiro atoms. The molecule has 210 valence electrons. The van der Waals surface area contributed by atoms with Crippen molar-refractivity contribution in [2.45, 2.75) is 25.7 Å². The van der Waals surface area contributed by atoms with Crippen molar-refractivity contribution in [1.82, 2.24) is 15.0 Å². The van der Waals surface area contributed by atoms with Gasteiger partial charge in [0.05, 0.1) is 28.6 Å². The molecule has 6 nitrogen and oxygen atoms in total. The fraction of sp³-hybridized carbons (Fsp3) is 0.259. The number of benzene rings is 2. The van der Waals surface area contributed by atoms with Gasteiger partial charge in [-0.3, -0.25) is 0 Å². The number of aromatic amines is 1. The Balaban J connectivity index is 1.50. The maximum Gasteiger partial charge on any atom is 0.416 e. The third kappa shape index (κ3) is 5.33. The van der Waals surface area contributed by atoms with Crippen LogP contribution in [0, 0.1) is 17.5 Å². The number of imidazole rings is 1. The number of hydrogen-bond acceptors (Lipinski definition) is 5. The van der Waals surface area contributed by atoms with E-state index >= 15 is 0 Å². The molecule has 2 aromatic heterocycles. The molecule has 1 aliphatic heterocycles. The smallest absolute Gasteiger partial charge is 0.392 e. The van der Waals surface area contributed by atoms with Crippen LogP contribution in [-0.4, -0.2) is 45.7 Å². The monoisotopic (exact) mass is 581 g/mol. The average Bonchev–Trinajstić information content (AvgIpc) is 3.36. The Bertz CT molecular complexity index is 1520. The van der Waals surface area contributed by atoms with E-state index in [0.717, 1.165) is 24.3 Å². The molecule has 2 aromatic carbocycles. The summed E-state index contributed by atoms with van der Waals surface area (Å²) in [5, 5.41) is 9.70. The summed E-state index contributed by atoms with van der Waals surface area (Å²) in [6, 6.07) is 7.28. The minimum absolute atomic E-state index is 0.0477. The van der Waals surface area contributed by atoms with E-state index in [4.69, 9.17) is 11.6 Å². The molecule has 1 atom stereocenters. The number of anilines is 2. The zero-order valence-electron chi connectivity index (χ0n) is 20.9. The second-order valence-corrected chi connectivity index (χ2v) is 9.82. The number of piperazine rings is 1. The molecule has 0 radical (unpaired) electrons. The average molecular weight is 582 g/mol. The maximum absolute atomic E-state index is 14.1. The van der Waals surface area contributed by atoms with Gasteiger partial charge >= 0.3 is 6.18 Å². The minimum atomic E-state index is -4.55. The molecule has 0 amide bonds. The van der Waals surface area contributed by atoms with Gasteiger partial charge in [0.2, 0.25) is 5.95 Å². The number of halogens is 7. The molecule has 13 heteroatoms. The number of aromatic nitrogens is 3.